The van der Waals surface area contributed by atoms with Crippen molar-refractivity contribution in [1.29, 1.82) is 0 Å². The lowest BCUT2D eigenvalue weighted by Crippen LogP contribution is -2.34. The van der Waals surface area contributed by atoms with Gasteiger partial charge in [-0.1, -0.05) is 121 Å². The fraction of sp³-hybridized carbons (Fsp3) is 0.236. The molecule has 8 rings (SSSR count). The number of hydrogen-bond acceptors (Lipinski definition) is 8. The Morgan fingerprint density at radius 1 is 0.537 bits per heavy atom. The Morgan fingerprint density at radius 3 is 1.30 bits per heavy atom. The fourth-order valence-corrected chi connectivity index (χ4v) is 7.88. The van der Waals surface area contributed by atoms with Crippen LogP contribution in [-0.4, -0.2) is 49.5 Å². The largest absolute Gasteiger partial charge is 0.444 e. The molecule has 0 saturated heterocycles. The van der Waals surface area contributed by atoms with Gasteiger partial charge in [0.1, 0.15) is 22.9 Å². The molecule has 67 heavy (non-hydrogen) atoms. The Hall–Kier alpha value is -7.86. The normalized spacial score (nSPS) is 11.6. The molecule has 0 radical (unpaired) electrons. The summed E-state index contributed by atoms with van der Waals surface area (Å²) in [5.41, 5.74) is 4.55. The highest BCUT2D eigenvalue weighted by atomic mass is 16.6. The van der Waals surface area contributed by atoms with E-state index >= 15 is 0 Å². The van der Waals surface area contributed by atoms with E-state index in [2.05, 4.69) is 5.32 Å². The first-order chi connectivity index (χ1) is 31.9. The van der Waals surface area contributed by atoms with Gasteiger partial charge in [0.05, 0.1) is 33.9 Å². The number of nitrogens with zero attached hydrogens (tertiary/aromatic N) is 5. The molecule has 0 unspecified atom stereocenters. The molecular weight excluding hydrogens is 841 g/mol. The van der Waals surface area contributed by atoms with E-state index in [0.717, 1.165) is 22.3 Å². The van der Waals surface area contributed by atoms with Gasteiger partial charge >= 0.3 is 12.2 Å². The maximum Gasteiger partial charge on any atom is 0.414 e. The predicted octanol–water partition coefficient (Wildman–Crippen LogP) is 11.4. The Morgan fingerprint density at radius 2 is 0.910 bits per heavy atom. The van der Waals surface area contributed by atoms with Gasteiger partial charge in [0.2, 0.25) is 0 Å². The third-order valence-corrected chi connectivity index (χ3v) is 10.8. The highest BCUT2D eigenvalue weighted by Gasteiger charge is 2.25. The second-order valence-corrected chi connectivity index (χ2v) is 18.2. The number of fused-ring (bicyclic) bond motifs is 2. The SMILES string of the molecule is Cc1nc2ccc(N(C)C(=O)OC(C)(C)C)cc2c(=O)n1C(c1ccccc1)c1ccccc1.Cc1nc2ccc(NC(=O)OC(C)(C)C)cc2c(=O)n1C(c1ccccc1)c1ccccc1. The van der Waals surface area contributed by atoms with Crippen molar-refractivity contribution in [2.24, 2.45) is 0 Å². The number of aryl methyl sites for hydroxylation is 2. The third-order valence-electron chi connectivity index (χ3n) is 10.8. The van der Waals surface area contributed by atoms with Gasteiger partial charge in [-0.25, -0.2) is 19.6 Å². The molecule has 2 amide bonds. The van der Waals surface area contributed by atoms with Crippen LogP contribution in [-0.2, 0) is 9.47 Å². The summed E-state index contributed by atoms with van der Waals surface area (Å²) in [6.45, 7) is 14.5. The van der Waals surface area contributed by atoms with E-state index in [4.69, 9.17) is 19.4 Å². The van der Waals surface area contributed by atoms with Crippen molar-refractivity contribution in [1.82, 2.24) is 19.1 Å². The van der Waals surface area contributed by atoms with E-state index in [1.165, 1.54) is 4.90 Å². The maximum atomic E-state index is 13.9. The van der Waals surface area contributed by atoms with E-state index in [1.54, 1.807) is 73.4 Å². The summed E-state index contributed by atoms with van der Waals surface area (Å²) in [6.07, 6.45) is -1.06. The summed E-state index contributed by atoms with van der Waals surface area (Å²) in [7, 11) is 1.63. The predicted molar refractivity (Wildman–Crippen MR) is 266 cm³/mol. The molecule has 0 bridgehead atoms. The number of benzene rings is 6. The minimum Gasteiger partial charge on any atom is -0.444 e. The number of nitrogens with one attached hydrogen (secondary N) is 1. The van der Waals surface area contributed by atoms with Gasteiger partial charge in [-0.05, 0) is 114 Å². The van der Waals surface area contributed by atoms with Gasteiger partial charge in [-0.2, -0.15) is 0 Å². The maximum absolute atomic E-state index is 13.9. The lowest BCUT2D eigenvalue weighted by molar-refractivity contribution is 0.0587. The lowest BCUT2D eigenvalue weighted by Gasteiger charge is -2.25. The van der Waals surface area contributed by atoms with Crippen LogP contribution in [0.1, 0.15) is 87.5 Å². The van der Waals surface area contributed by atoms with E-state index < -0.39 is 23.4 Å². The Labute approximate surface area is 390 Å². The van der Waals surface area contributed by atoms with Crippen molar-refractivity contribution in [2.45, 2.75) is 78.7 Å². The highest BCUT2D eigenvalue weighted by molar-refractivity contribution is 5.92. The molecule has 342 valence electrons. The van der Waals surface area contributed by atoms with E-state index in [9.17, 15) is 19.2 Å². The molecule has 0 spiro atoms. The number of ether oxygens (including phenoxy) is 2. The summed E-state index contributed by atoms with van der Waals surface area (Å²) >= 11 is 0. The molecule has 0 atom stereocenters. The van der Waals surface area contributed by atoms with Crippen LogP contribution < -0.4 is 21.3 Å². The number of carbonyl (C=O) groups excluding carboxylic acids is 2. The number of anilines is 2. The fourth-order valence-electron chi connectivity index (χ4n) is 7.88. The molecule has 0 aliphatic carbocycles. The molecule has 8 aromatic rings. The highest BCUT2D eigenvalue weighted by Crippen LogP contribution is 2.30. The first-order valence-corrected chi connectivity index (χ1v) is 22.1. The monoisotopic (exact) mass is 896 g/mol. The molecule has 0 aliphatic rings. The molecule has 0 saturated carbocycles. The van der Waals surface area contributed by atoms with Crippen LogP contribution in [0, 0.1) is 13.8 Å². The summed E-state index contributed by atoms with van der Waals surface area (Å²) in [5, 5.41) is 3.57. The Balaban J connectivity index is 0.000000199. The number of carbonyl (C=O) groups is 2. The standard InChI is InChI=1S/C28H29N3O3.C27H27N3O3/c1-19-29-24-17-16-22(30(5)27(33)34-28(2,3)4)18-23(24)26(32)31(19)25(20-12-8-6-9-13-20)21-14-10-7-11-15-21;1-18-28-23-16-15-21(29-26(32)33-27(2,3)4)17-22(23)25(31)30(18)24(19-11-7-5-8-12-19)20-13-9-6-10-14-20/h6-18,25H,1-5H3;5-17,24H,1-4H3,(H,29,32). The van der Waals surface area contributed by atoms with Crippen LogP contribution in [0.4, 0.5) is 21.0 Å². The van der Waals surface area contributed by atoms with Crippen LogP contribution in [0.15, 0.2) is 167 Å². The van der Waals surface area contributed by atoms with Gasteiger partial charge < -0.3 is 9.47 Å². The van der Waals surface area contributed by atoms with Gasteiger partial charge in [0.25, 0.3) is 11.1 Å². The molecule has 0 fully saturated rings. The van der Waals surface area contributed by atoms with Crippen molar-refractivity contribution in [2.75, 3.05) is 17.3 Å². The molecule has 2 aromatic heterocycles. The number of rotatable bonds is 8. The first kappa shape index (κ1) is 47.1. The van der Waals surface area contributed by atoms with Gasteiger partial charge in [-0.3, -0.25) is 28.9 Å². The smallest absolute Gasteiger partial charge is 0.414 e. The molecule has 1 N–H and O–H groups in total. The average Bonchev–Trinajstić information content (AvgIpc) is 3.29. The molecule has 0 aliphatic heterocycles. The Bertz CT molecular complexity index is 3060. The molecule has 6 aromatic carbocycles. The van der Waals surface area contributed by atoms with E-state index in [1.807, 2.05) is 156 Å². The summed E-state index contributed by atoms with van der Waals surface area (Å²) < 4.78 is 14.3. The molecule has 12 nitrogen and oxygen atoms in total. The van der Waals surface area contributed by atoms with E-state index in [0.29, 0.717) is 44.8 Å². The average molecular weight is 897 g/mol. The van der Waals surface area contributed by atoms with Crippen LogP contribution >= 0.6 is 0 Å². The van der Waals surface area contributed by atoms with Gasteiger partial charge in [0.15, 0.2) is 0 Å². The van der Waals surface area contributed by atoms with Crippen LogP contribution in [0.5, 0.6) is 0 Å². The summed E-state index contributed by atoms with van der Waals surface area (Å²) in [5.74, 6) is 1.22. The van der Waals surface area contributed by atoms with Crippen molar-refractivity contribution in [3.05, 3.63) is 212 Å². The second-order valence-electron chi connectivity index (χ2n) is 18.2. The minimum absolute atomic E-state index is 0.167. The zero-order valence-electron chi connectivity index (χ0n) is 39.4. The van der Waals surface area contributed by atoms with Crippen LogP contribution in [0.3, 0.4) is 0 Å². The van der Waals surface area contributed by atoms with Crippen LogP contribution in [0.2, 0.25) is 0 Å². The minimum atomic E-state index is -0.620. The molecule has 2 heterocycles. The van der Waals surface area contributed by atoms with Gasteiger partial charge in [-0.15, -0.1) is 0 Å². The number of hydrogen-bond donors (Lipinski definition) is 1. The zero-order valence-corrected chi connectivity index (χ0v) is 39.4. The topological polar surface area (TPSA) is 138 Å². The first-order valence-electron chi connectivity index (χ1n) is 22.1. The van der Waals surface area contributed by atoms with Gasteiger partial charge in [0, 0.05) is 18.4 Å². The second kappa shape index (κ2) is 19.7. The Kier molecular flexibility index (Phi) is 13.9. The molecular formula is C55H56N6O6. The molecule has 12 heteroatoms. The van der Waals surface area contributed by atoms with Crippen molar-refractivity contribution in [3.63, 3.8) is 0 Å². The van der Waals surface area contributed by atoms with Crippen molar-refractivity contribution >= 4 is 45.4 Å². The summed E-state index contributed by atoms with van der Waals surface area (Å²) in [6, 6.07) is 49.3. The summed E-state index contributed by atoms with van der Waals surface area (Å²) in [4.78, 5) is 63.3. The van der Waals surface area contributed by atoms with Crippen molar-refractivity contribution in [3.8, 4) is 0 Å². The lowest BCUT2D eigenvalue weighted by atomic mass is 9.98. The number of amides is 2. The number of aromatic nitrogens is 4. The van der Waals surface area contributed by atoms with E-state index in [-0.39, 0.29) is 23.2 Å². The van der Waals surface area contributed by atoms with Crippen LogP contribution in [0.25, 0.3) is 21.8 Å². The third kappa shape index (κ3) is 11.2. The zero-order chi connectivity index (χ0) is 48.0. The quantitative estimate of drug-likeness (QED) is 0.159. The van der Waals surface area contributed by atoms with Crippen molar-refractivity contribution < 1.29 is 19.1 Å².